The summed E-state index contributed by atoms with van der Waals surface area (Å²) in [4.78, 5) is 21.4. The second kappa shape index (κ2) is 3.57. The van der Waals surface area contributed by atoms with E-state index in [1.165, 1.54) is 6.08 Å². The van der Waals surface area contributed by atoms with E-state index in [-0.39, 0.29) is 12.6 Å². The van der Waals surface area contributed by atoms with Crippen LogP contribution in [-0.4, -0.2) is 17.0 Å². The fourth-order valence-electron chi connectivity index (χ4n) is 1.42. The molecule has 15 heavy (non-hydrogen) atoms. The molecule has 0 unspecified atom stereocenters. The lowest BCUT2D eigenvalue weighted by Gasteiger charge is -1.96. The van der Waals surface area contributed by atoms with E-state index in [0.29, 0.717) is 5.56 Å². The first kappa shape index (κ1) is 9.45. The van der Waals surface area contributed by atoms with Gasteiger partial charge in [0.05, 0.1) is 5.56 Å². The number of carbonyl (C=O) groups excluding carboxylic acids is 1. The van der Waals surface area contributed by atoms with Crippen molar-refractivity contribution < 1.29 is 19.4 Å². The van der Waals surface area contributed by atoms with Crippen molar-refractivity contribution in [1.29, 1.82) is 0 Å². The highest BCUT2D eigenvalue weighted by Crippen LogP contribution is 2.21. The van der Waals surface area contributed by atoms with Crippen LogP contribution in [0.15, 0.2) is 24.3 Å². The fraction of sp³-hybridized carbons (Fsp3) is 0.0909. The Balaban J connectivity index is 2.31. The van der Waals surface area contributed by atoms with Crippen molar-refractivity contribution in [2.45, 2.75) is 6.61 Å². The molecule has 0 aromatic heterocycles. The normalized spacial score (nSPS) is 14.0. The summed E-state index contributed by atoms with van der Waals surface area (Å²) in [5.41, 5.74) is 2.10. The van der Waals surface area contributed by atoms with Gasteiger partial charge in [0, 0.05) is 11.6 Å². The molecule has 0 bridgehead atoms. The van der Waals surface area contributed by atoms with Crippen LogP contribution in [0.5, 0.6) is 0 Å². The van der Waals surface area contributed by atoms with E-state index >= 15 is 0 Å². The smallest absolute Gasteiger partial charge is 0.338 e. The summed E-state index contributed by atoms with van der Waals surface area (Å²) in [6, 6.07) is 5.08. The molecule has 1 aliphatic heterocycles. The van der Waals surface area contributed by atoms with Crippen molar-refractivity contribution in [1.82, 2.24) is 0 Å². The molecule has 1 aromatic carbocycles. The van der Waals surface area contributed by atoms with E-state index in [0.717, 1.165) is 17.2 Å². The summed E-state index contributed by atoms with van der Waals surface area (Å²) in [6.07, 6.45) is 2.53. The predicted molar refractivity (Wildman–Crippen MR) is 52.2 cm³/mol. The van der Waals surface area contributed by atoms with Gasteiger partial charge >= 0.3 is 11.9 Å². The topological polar surface area (TPSA) is 63.6 Å². The molecule has 1 heterocycles. The Morgan fingerprint density at radius 1 is 1.47 bits per heavy atom. The molecular weight excluding hydrogens is 196 g/mol. The minimum absolute atomic E-state index is 0.267. The van der Waals surface area contributed by atoms with Gasteiger partial charge in [0.25, 0.3) is 0 Å². The zero-order valence-corrected chi connectivity index (χ0v) is 7.77. The molecule has 76 valence electrons. The molecule has 0 atom stereocenters. The lowest BCUT2D eigenvalue weighted by Crippen LogP contribution is -1.93. The lowest BCUT2D eigenvalue weighted by atomic mass is 10.1. The minimum Gasteiger partial charge on any atom is -0.478 e. The van der Waals surface area contributed by atoms with Crippen LogP contribution >= 0.6 is 0 Å². The highest BCUT2D eigenvalue weighted by molar-refractivity contribution is 5.94. The molecule has 2 rings (SSSR count). The maximum absolute atomic E-state index is 11.1. The van der Waals surface area contributed by atoms with E-state index in [4.69, 9.17) is 9.84 Å². The fourth-order valence-corrected chi connectivity index (χ4v) is 1.42. The van der Waals surface area contributed by atoms with Gasteiger partial charge in [-0.15, -0.1) is 0 Å². The summed E-state index contributed by atoms with van der Waals surface area (Å²) < 4.78 is 4.82. The number of ether oxygens (including phenoxy) is 1. The monoisotopic (exact) mass is 204 g/mol. The van der Waals surface area contributed by atoms with Gasteiger partial charge < -0.3 is 9.84 Å². The number of carbonyl (C=O) groups is 2. The number of carboxylic acids is 1. The summed E-state index contributed by atoms with van der Waals surface area (Å²) in [5.74, 6) is -1.32. The summed E-state index contributed by atoms with van der Waals surface area (Å²) in [6.45, 7) is 0.267. The van der Waals surface area contributed by atoms with Crippen LogP contribution in [-0.2, 0) is 16.1 Å². The molecule has 4 heteroatoms. The third kappa shape index (κ3) is 1.88. The maximum atomic E-state index is 11.1. The van der Waals surface area contributed by atoms with Crippen LogP contribution in [0.2, 0.25) is 0 Å². The molecule has 1 aliphatic rings. The first-order valence-corrected chi connectivity index (χ1v) is 4.38. The van der Waals surface area contributed by atoms with Gasteiger partial charge in [-0.3, -0.25) is 0 Å². The minimum atomic E-state index is -0.997. The first-order chi connectivity index (χ1) is 7.16. The van der Waals surface area contributed by atoms with E-state index in [1.807, 2.05) is 0 Å². The van der Waals surface area contributed by atoms with Crippen LogP contribution in [0, 0.1) is 0 Å². The van der Waals surface area contributed by atoms with Crippen molar-refractivity contribution in [3.63, 3.8) is 0 Å². The number of aliphatic carboxylic acids is 1. The Morgan fingerprint density at radius 2 is 2.27 bits per heavy atom. The number of esters is 1. The molecule has 0 amide bonds. The number of hydrogen-bond donors (Lipinski definition) is 1. The number of carboxylic acid groups (broad SMARTS) is 1. The van der Waals surface area contributed by atoms with Crippen LogP contribution in [0.4, 0.5) is 0 Å². The molecule has 0 saturated carbocycles. The van der Waals surface area contributed by atoms with Gasteiger partial charge in [-0.2, -0.15) is 0 Å². The summed E-state index contributed by atoms with van der Waals surface area (Å²) in [7, 11) is 0. The Kier molecular flexibility index (Phi) is 2.25. The lowest BCUT2D eigenvalue weighted by molar-refractivity contribution is -0.131. The Bertz CT molecular complexity index is 460. The average molecular weight is 204 g/mol. The first-order valence-electron chi connectivity index (χ1n) is 4.38. The second-order valence-electron chi connectivity index (χ2n) is 3.16. The van der Waals surface area contributed by atoms with Gasteiger partial charge in [0.15, 0.2) is 0 Å². The van der Waals surface area contributed by atoms with Crippen molar-refractivity contribution in [3.05, 3.63) is 41.0 Å². The van der Waals surface area contributed by atoms with Crippen molar-refractivity contribution in [2.75, 3.05) is 0 Å². The summed E-state index contributed by atoms with van der Waals surface area (Å²) >= 11 is 0. The highest BCUT2D eigenvalue weighted by Gasteiger charge is 2.20. The number of hydrogen-bond acceptors (Lipinski definition) is 3. The SMILES string of the molecule is O=C(O)C=Cc1ccc2c(c1)COC2=O. The van der Waals surface area contributed by atoms with E-state index in [2.05, 4.69) is 0 Å². The largest absolute Gasteiger partial charge is 0.478 e. The van der Waals surface area contributed by atoms with E-state index < -0.39 is 5.97 Å². The van der Waals surface area contributed by atoms with Crippen molar-refractivity contribution in [2.24, 2.45) is 0 Å². The van der Waals surface area contributed by atoms with Crippen molar-refractivity contribution >= 4 is 18.0 Å². The molecule has 0 spiro atoms. The van der Waals surface area contributed by atoms with Gasteiger partial charge in [-0.25, -0.2) is 9.59 Å². The third-order valence-electron chi connectivity index (χ3n) is 2.13. The molecule has 0 aliphatic carbocycles. The number of fused-ring (bicyclic) bond motifs is 1. The Labute approximate surface area is 85.8 Å². The molecule has 4 nitrogen and oxygen atoms in total. The molecule has 0 fully saturated rings. The van der Waals surface area contributed by atoms with Crippen LogP contribution in [0.25, 0.3) is 6.08 Å². The molecular formula is C11H8O4. The van der Waals surface area contributed by atoms with E-state index in [9.17, 15) is 9.59 Å². The molecule has 0 saturated heterocycles. The predicted octanol–water partition coefficient (Wildman–Crippen LogP) is 1.45. The number of rotatable bonds is 2. The Hall–Kier alpha value is -2.10. The summed E-state index contributed by atoms with van der Waals surface area (Å²) in [5, 5.41) is 8.44. The third-order valence-corrected chi connectivity index (χ3v) is 2.13. The van der Waals surface area contributed by atoms with Crippen LogP contribution in [0.1, 0.15) is 21.5 Å². The van der Waals surface area contributed by atoms with Gasteiger partial charge in [-0.1, -0.05) is 6.07 Å². The van der Waals surface area contributed by atoms with Crippen molar-refractivity contribution in [3.8, 4) is 0 Å². The highest BCUT2D eigenvalue weighted by atomic mass is 16.5. The quantitative estimate of drug-likeness (QED) is 0.585. The number of benzene rings is 1. The standard InChI is InChI=1S/C11H8O4/c12-10(13)4-2-7-1-3-9-8(5-7)6-15-11(9)14/h1-5H,6H2,(H,12,13). The van der Waals surface area contributed by atoms with Crippen LogP contribution in [0.3, 0.4) is 0 Å². The molecule has 0 radical (unpaired) electrons. The zero-order chi connectivity index (χ0) is 10.8. The average Bonchev–Trinajstić information content (AvgIpc) is 2.57. The van der Waals surface area contributed by atoms with Gasteiger partial charge in [0.2, 0.25) is 0 Å². The van der Waals surface area contributed by atoms with Crippen LogP contribution < -0.4 is 0 Å². The molecule has 1 N–H and O–H groups in total. The number of cyclic esters (lactones) is 1. The van der Waals surface area contributed by atoms with Gasteiger partial charge in [-0.05, 0) is 23.8 Å². The molecule has 1 aromatic rings. The zero-order valence-electron chi connectivity index (χ0n) is 7.77. The Morgan fingerprint density at radius 3 is 3.00 bits per heavy atom. The van der Waals surface area contributed by atoms with Gasteiger partial charge in [0.1, 0.15) is 6.61 Å². The van der Waals surface area contributed by atoms with E-state index in [1.54, 1.807) is 18.2 Å². The second-order valence-corrected chi connectivity index (χ2v) is 3.16. The maximum Gasteiger partial charge on any atom is 0.338 e.